The molecule has 2 heteroatoms. The fourth-order valence-corrected chi connectivity index (χ4v) is 3.88. The van der Waals surface area contributed by atoms with Gasteiger partial charge in [0.2, 0.25) is 0 Å². The summed E-state index contributed by atoms with van der Waals surface area (Å²) >= 11 is 0. The lowest BCUT2D eigenvalue weighted by Crippen LogP contribution is -2.36. The van der Waals surface area contributed by atoms with Crippen LogP contribution in [0.5, 0.6) is 0 Å². The maximum atomic E-state index is 6.28. The number of nitrogens with zero attached hydrogens (tertiary/aromatic N) is 1. The van der Waals surface area contributed by atoms with Crippen LogP contribution in [0.15, 0.2) is 28.7 Å². The van der Waals surface area contributed by atoms with Crippen molar-refractivity contribution >= 4 is 11.0 Å². The van der Waals surface area contributed by atoms with Gasteiger partial charge in [-0.05, 0) is 56.0 Å². The van der Waals surface area contributed by atoms with Crippen molar-refractivity contribution in [2.24, 2.45) is 11.8 Å². The molecule has 22 heavy (non-hydrogen) atoms. The minimum absolute atomic E-state index is 0.585. The van der Waals surface area contributed by atoms with Gasteiger partial charge in [-0.1, -0.05) is 39.3 Å². The minimum atomic E-state index is 0.585. The normalized spacial score (nSPS) is 23.5. The molecule has 1 aromatic heterocycles. The van der Waals surface area contributed by atoms with E-state index in [0.717, 1.165) is 17.9 Å². The summed E-state index contributed by atoms with van der Waals surface area (Å²) in [6, 6.07) is 9.02. The van der Waals surface area contributed by atoms with E-state index in [9.17, 15) is 0 Å². The second-order valence-electron chi connectivity index (χ2n) is 7.44. The van der Waals surface area contributed by atoms with Crippen LogP contribution in [0.4, 0.5) is 0 Å². The number of piperidine rings is 1. The molecule has 2 nitrogen and oxygen atoms in total. The largest absolute Gasteiger partial charge is 0.461 e. The topological polar surface area (TPSA) is 16.4 Å². The molecule has 2 aromatic rings. The molecule has 2 unspecified atom stereocenters. The number of rotatable bonds is 4. The van der Waals surface area contributed by atoms with Crippen LogP contribution in [0, 0.1) is 11.8 Å². The van der Waals surface area contributed by atoms with E-state index in [2.05, 4.69) is 57.0 Å². The van der Waals surface area contributed by atoms with Crippen LogP contribution in [-0.2, 0) is 6.42 Å². The number of fused-ring (bicyclic) bond motifs is 1. The quantitative estimate of drug-likeness (QED) is 0.783. The number of benzene rings is 1. The van der Waals surface area contributed by atoms with Crippen molar-refractivity contribution in [2.75, 3.05) is 20.1 Å². The molecular formula is C20H29NO. The molecule has 120 valence electrons. The van der Waals surface area contributed by atoms with Crippen molar-refractivity contribution in [3.05, 3.63) is 35.6 Å². The van der Waals surface area contributed by atoms with Gasteiger partial charge in [0.15, 0.2) is 0 Å². The Morgan fingerprint density at radius 1 is 1.27 bits per heavy atom. The van der Waals surface area contributed by atoms with Crippen LogP contribution in [0.3, 0.4) is 0 Å². The van der Waals surface area contributed by atoms with E-state index in [4.69, 9.17) is 4.42 Å². The van der Waals surface area contributed by atoms with E-state index < -0.39 is 0 Å². The van der Waals surface area contributed by atoms with Crippen LogP contribution < -0.4 is 0 Å². The van der Waals surface area contributed by atoms with Gasteiger partial charge in [0.25, 0.3) is 0 Å². The molecule has 0 aliphatic carbocycles. The van der Waals surface area contributed by atoms with E-state index in [1.165, 1.54) is 42.6 Å². The highest BCUT2D eigenvalue weighted by Gasteiger charge is 2.30. The van der Waals surface area contributed by atoms with Gasteiger partial charge < -0.3 is 9.32 Å². The number of likely N-dealkylation sites (tertiary alicyclic amines) is 1. The van der Waals surface area contributed by atoms with Crippen molar-refractivity contribution in [2.45, 2.75) is 46.0 Å². The zero-order valence-electron chi connectivity index (χ0n) is 14.4. The highest BCUT2D eigenvalue weighted by Crippen LogP contribution is 2.37. The maximum Gasteiger partial charge on any atom is 0.134 e. The van der Waals surface area contributed by atoms with Crippen LogP contribution >= 0.6 is 0 Å². The molecular weight excluding hydrogens is 270 g/mol. The fourth-order valence-electron chi connectivity index (χ4n) is 3.88. The Balaban J connectivity index is 1.87. The summed E-state index contributed by atoms with van der Waals surface area (Å²) in [7, 11) is 2.23. The van der Waals surface area contributed by atoms with E-state index in [1.54, 1.807) is 0 Å². The monoisotopic (exact) mass is 299 g/mol. The molecule has 2 heterocycles. The van der Waals surface area contributed by atoms with Gasteiger partial charge in [-0.25, -0.2) is 0 Å². The SMILES string of the molecule is CCC1CN(C)CCC1c1cc2ccc(CC(C)C)cc2o1. The smallest absolute Gasteiger partial charge is 0.134 e. The predicted octanol–water partition coefficient (Wildman–Crippen LogP) is 5.08. The summed E-state index contributed by atoms with van der Waals surface area (Å²) in [4.78, 5) is 2.45. The third-order valence-electron chi connectivity index (χ3n) is 5.07. The first kappa shape index (κ1) is 15.6. The molecule has 1 aliphatic rings. The highest BCUT2D eigenvalue weighted by atomic mass is 16.3. The Bertz CT molecular complexity index is 628. The molecule has 0 saturated carbocycles. The summed E-state index contributed by atoms with van der Waals surface area (Å²) in [6.07, 6.45) is 3.57. The van der Waals surface area contributed by atoms with Crippen molar-refractivity contribution < 1.29 is 4.42 Å². The molecule has 1 aliphatic heterocycles. The molecule has 0 bridgehead atoms. The first-order valence-corrected chi connectivity index (χ1v) is 8.77. The van der Waals surface area contributed by atoms with Gasteiger partial charge in [-0.3, -0.25) is 0 Å². The first-order valence-electron chi connectivity index (χ1n) is 8.77. The molecule has 0 spiro atoms. The van der Waals surface area contributed by atoms with E-state index in [-0.39, 0.29) is 0 Å². The molecule has 2 atom stereocenters. The second-order valence-corrected chi connectivity index (χ2v) is 7.44. The first-order chi connectivity index (χ1) is 10.6. The summed E-state index contributed by atoms with van der Waals surface area (Å²) in [6.45, 7) is 9.21. The van der Waals surface area contributed by atoms with Crippen LogP contribution in [0.1, 0.15) is 50.9 Å². The average Bonchev–Trinajstić information content (AvgIpc) is 2.89. The van der Waals surface area contributed by atoms with Crippen LogP contribution in [0.25, 0.3) is 11.0 Å². The van der Waals surface area contributed by atoms with Gasteiger partial charge >= 0.3 is 0 Å². The van der Waals surface area contributed by atoms with E-state index in [1.807, 2.05) is 0 Å². The standard InChI is InChI=1S/C20H29NO/c1-5-16-13-21(4)9-8-18(16)20-12-17-7-6-15(10-14(2)3)11-19(17)22-20/h6-7,11-12,14,16,18H,5,8-10,13H2,1-4H3. The van der Waals surface area contributed by atoms with Crippen molar-refractivity contribution in [1.82, 2.24) is 4.90 Å². The minimum Gasteiger partial charge on any atom is -0.461 e. The number of hydrogen-bond donors (Lipinski definition) is 0. The van der Waals surface area contributed by atoms with Crippen LogP contribution in [0.2, 0.25) is 0 Å². The summed E-state index contributed by atoms with van der Waals surface area (Å²) in [5, 5.41) is 1.26. The van der Waals surface area contributed by atoms with Gasteiger partial charge in [-0.2, -0.15) is 0 Å². The maximum absolute atomic E-state index is 6.28. The lowest BCUT2D eigenvalue weighted by molar-refractivity contribution is 0.168. The molecule has 3 rings (SSSR count). The highest BCUT2D eigenvalue weighted by molar-refractivity contribution is 5.78. The Kier molecular flexibility index (Phi) is 4.58. The lowest BCUT2D eigenvalue weighted by Gasteiger charge is -2.35. The van der Waals surface area contributed by atoms with Gasteiger partial charge in [-0.15, -0.1) is 0 Å². The predicted molar refractivity (Wildman–Crippen MR) is 93.4 cm³/mol. The summed E-state index contributed by atoms with van der Waals surface area (Å²) in [5.74, 6) is 3.19. The average molecular weight is 299 g/mol. The number of furan rings is 1. The van der Waals surface area contributed by atoms with Crippen molar-refractivity contribution in [1.29, 1.82) is 0 Å². The molecule has 0 N–H and O–H groups in total. The number of hydrogen-bond acceptors (Lipinski definition) is 2. The van der Waals surface area contributed by atoms with E-state index in [0.29, 0.717) is 11.8 Å². The van der Waals surface area contributed by atoms with E-state index >= 15 is 0 Å². The lowest BCUT2D eigenvalue weighted by atomic mass is 9.82. The van der Waals surface area contributed by atoms with Gasteiger partial charge in [0.05, 0.1) is 0 Å². The molecule has 1 saturated heterocycles. The second kappa shape index (κ2) is 6.45. The van der Waals surface area contributed by atoms with Gasteiger partial charge in [0.1, 0.15) is 11.3 Å². The molecule has 1 aromatic carbocycles. The van der Waals surface area contributed by atoms with Crippen molar-refractivity contribution in [3.8, 4) is 0 Å². The zero-order valence-corrected chi connectivity index (χ0v) is 14.4. The van der Waals surface area contributed by atoms with Crippen LogP contribution in [-0.4, -0.2) is 25.0 Å². The molecule has 0 amide bonds. The Morgan fingerprint density at radius 2 is 2.09 bits per heavy atom. The fraction of sp³-hybridized carbons (Fsp3) is 0.600. The Hall–Kier alpha value is -1.28. The Labute approximate surface area is 134 Å². The third kappa shape index (κ3) is 3.22. The summed E-state index contributed by atoms with van der Waals surface area (Å²) < 4.78 is 6.28. The molecule has 0 radical (unpaired) electrons. The van der Waals surface area contributed by atoms with Crippen molar-refractivity contribution in [3.63, 3.8) is 0 Å². The Morgan fingerprint density at radius 3 is 2.82 bits per heavy atom. The third-order valence-corrected chi connectivity index (χ3v) is 5.07. The zero-order chi connectivity index (χ0) is 15.7. The molecule has 1 fully saturated rings. The summed E-state index contributed by atoms with van der Waals surface area (Å²) in [5.41, 5.74) is 2.46. The van der Waals surface area contributed by atoms with Gasteiger partial charge in [0, 0.05) is 17.8 Å².